The number of hydrogen-bond acceptors (Lipinski definition) is 6. The molecule has 0 fully saturated rings. The molecule has 28 heavy (non-hydrogen) atoms. The van der Waals surface area contributed by atoms with Gasteiger partial charge in [-0.05, 0) is 43.2 Å². The highest BCUT2D eigenvalue weighted by Gasteiger charge is 2.22. The van der Waals surface area contributed by atoms with Crippen LogP contribution in [0.5, 0.6) is 0 Å². The molecule has 2 rings (SSSR count). The van der Waals surface area contributed by atoms with Crippen molar-refractivity contribution in [2.75, 3.05) is 29.7 Å². The molecule has 2 atom stereocenters. The zero-order valence-electron chi connectivity index (χ0n) is 16.1. The van der Waals surface area contributed by atoms with Gasteiger partial charge in [0.2, 0.25) is 6.33 Å². The van der Waals surface area contributed by atoms with Gasteiger partial charge in [0, 0.05) is 23.9 Å². The Morgan fingerprint density at radius 2 is 1.71 bits per heavy atom. The lowest BCUT2D eigenvalue weighted by atomic mass is 10.2. The van der Waals surface area contributed by atoms with E-state index in [0.29, 0.717) is 11.6 Å². The minimum absolute atomic E-state index is 0.0770. The SMILES string of the molecule is CCN(CC)c1ccc(N=Nc2n(CC(O)CCl)nc[n+]2CC(O)CCl)cc1. The Hall–Kier alpha value is -1.74. The average molecular weight is 430 g/mol. The molecule has 1 heterocycles. The molecule has 154 valence electrons. The maximum Gasteiger partial charge on any atom is 0.403 e. The molecule has 1 aromatic carbocycles. The van der Waals surface area contributed by atoms with Crippen LogP contribution in [0.4, 0.5) is 17.3 Å². The standard InChI is InChI=1S/C18H27Cl2N6O2/c1-3-24(4-2)15-7-5-14(6-8-15)22-23-18-25(11-16(27)9-19)13-21-26(18)12-17(28)10-20/h5-8,13,16-17,27-28H,3-4,9-12H2,1-2H3/q+1. The summed E-state index contributed by atoms with van der Waals surface area (Å²) < 4.78 is 3.14. The summed E-state index contributed by atoms with van der Waals surface area (Å²) >= 11 is 11.4. The van der Waals surface area contributed by atoms with Crippen molar-refractivity contribution >= 4 is 40.5 Å². The Bertz CT molecular complexity index is 720. The molecule has 2 N–H and O–H groups in total. The molecule has 1 aromatic heterocycles. The second-order valence-corrected chi connectivity index (χ2v) is 6.89. The van der Waals surface area contributed by atoms with E-state index in [9.17, 15) is 10.2 Å². The van der Waals surface area contributed by atoms with Crippen LogP contribution in [0.3, 0.4) is 0 Å². The smallest absolute Gasteiger partial charge is 0.389 e. The first-order valence-electron chi connectivity index (χ1n) is 9.22. The van der Waals surface area contributed by atoms with E-state index in [0.717, 1.165) is 18.8 Å². The number of benzene rings is 1. The largest absolute Gasteiger partial charge is 0.403 e. The molecule has 2 unspecified atom stereocenters. The van der Waals surface area contributed by atoms with Crippen molar-refractivity contribution < 1.29 is 14.8 Å². The number of hydrogen-bond donors (Lipinski definition) is 2. The molecule has 0 radical (unpaired) electrons. The van der Waals surface area contributed by atoms with Crippen LogP contribution in [0, 0.1) is 0 Å². The summed E-state index contributed by atoms with van der Waals surface area (Å²) in [4.78, 5) is 2.24. The van der Waals surface area contributed by atoms with Gasteiger partial charge in [0.15, 0.2) is 0 Å². The Labute approximate surface area is 175 Å². The number of azo groups is 1. The lowest BCUT2D eigenvalue weighted by molar-refractivity contribution is -0.691. The van der Waals surface area contributed by atoms with Gasteiger partial charge in [0.05, 0.1) is 36.2 Å². The molecule has 8 nitrogen and oxygen atoms in total. The summed E-state index contributed by atoms with van der Waals surface area (Å²) in [6, 6.07) is 7.79. The number of alkyl halides is 2. The minimum Gasteiger partial charge on any atom is -0.389 e. The van der Waals surface area contributed by atoms with E-state index in [1.165, 1.54) is 11.0 Å². The fourth-order valence-electron chi connectivity index (χ4n) is 2.69. The summed E-state index contributed by atoms with van der Waals surface area (Å²) in [6.07, 6.45) is 0.00833. The molecule has 0 saturated heterocycles. The van der Waals surface area contributed by atoms with Crippen molar-refractivity contribution in [2.24, 2.45) is 10.2 Å². The highest BCUT2D eigenvalue weighted by atomic mass is 35.5. The molecule has 0 saturated carbocycles. The number of aliphatic hydroxyl groups excluding tert-OH is 2. The van der Waals surface area contributed by atoms with Crippen LogP contribution in [0.15, 0.2) is 40.8 Å². The van der Waals surface area contributed by atoms with Crippen LogP contribution >= 0.6 is 23.2 Å². The van der Waals surface area contributed by atoms with Gasteiger partial charge in [-0.15, -0.1) is 27.9 Å². The normalized spacial score (nSPS) is 13.8. The van der Waals surface area contributed by atoms with E-state index < -0.39 is 12.2 Å². The third-order valence-electron chi connectivity index (χ3n) is 4.20. The van der Waals surface area contributed by atoms with Crippen molar-refractivity contribution in [1.82, 2.24) is 9.78 Å². The first-order chi connectivity index (χ1) is 13.5. The third kappa shape index (κ3) is 6.13. The predicted octanol–water partition coefficient (Wildman–Crippen LogP) is 2.63. The summed E-state index contributed by atoms with van der Waals surface area (Å²) in [5.74, 6) is 0.556. The minimum atomic E-state index is -0.768. The number of aromatic nitrogens is 3. The monoisotopic (exact) mass is 429 g/mol. The lowest BCUT2D eigenvalue weighted by Gasteiger charge is -2.20. The van der Waals surface area contributed by atoms with Crippen molar-refractivity contribution in [2.45, 2.75) is 39.1 Å². The molecular weight excluding hydrogens is 403 g/mol. The molecule has 0 spiro atoms. The first kappa shape index (κ1) is 22.5. The van der Waals surface area contributed by atoms with Crippen molar-refractivity contribution in [3.05, 3.63) is 30.6 Å². The van der Waals surface area contributed by atoms with Crippen LogP contribution in [0.25, 0.3) is 0 Å². The molecule has 0 aliphatic rings. The second kappa shape index (κ2) is 11.3. The van der Waals surface area contributed by atoms with Crippen LogP contribution in [-0.4, -0.2) is 57.1 Å². The summed E-state index contributed by atoms with van der Waals surface area (Å²) in [5.41, 5.74) is 1.81. The molecule has 0 aliphatic carbocycles. The Kier molecular flexibility index (Phi) is 9.11. The van der Waals surface area contributed by atoms with Crippen LogP contribution in [-0.2, 0) is 13.1 Å². The lowest BCUT2D eigenvalue weighted by Crippen LogP contribution is -2.39. The number of aliphatic hydroxyl groups is 2. The van der Waals surface area contributed by atoms with E-state index in [1.807, 2.05) is 24.3 Å². The Morgan fingerprint density at radius 1 is 1.07 bits per heavy atom. The van der Waals surface area contributed by atoms with E-state index in [2.05, 4.69) is 34.1 Å². The van der Waals surface area contributed by atoms with Gasteiger partial charge in [0.25, 0.3) is 0 Å². The third-order valence-corrected chi connectivity index (χ3v) is 4.91. The molecule has 10 heteroatoms. The molecular formula is C18H27Cl2N6O2+. The van der Waals surface area contributed by atoms with E-state index in [-0.39, 0.29) is 24.8 Å². The van der Waals surface area contributed by atoms with Gasteiger partial charge in [-0.1, -0.05) is 5.11 Å². The fraction of sp³-hybridized carbons (Fsp3) is 0.556. The van der Waals surface area contributed by atoms with Gasteiger partial charge >= 0.3 is 5.95 Å². The highest BCUT2D eigenvalue weighted by molar-refractivity contribution is 6.18. The van der Waals surface area contributed by atoms with Crippen LogP contribution in [0.1, 0.15) is 13.8 Å². The van der Waals surface area contributed by atoms with E-state index in [1.54, 1.807) is 4.57 Å². The first-order valence-corrected chi connectivity index (χ1v) is 10.3. The van der Waals surface area contributed by atoms with Crippen molar-refractivity contribution in [1.29, 1.82) is 0 Å². The maximum atomic E-state index is 9.85. The molecule has 0 amide bonds. The number of anilines is 1. The molecule has 0 bridgehead atoms. The zero-order valence-corrected chi connectivity index (χ0v) is 17.6. The van der Waals surface area contributed by atoms with Crippen LogP contribution < -0.4 is 9.47 Å². The summed E-state index contributed by atoms with van der Waals surface area (Å²) in [7, 11) is 0. The van der Waals surface area contributed by atoms with Gasteiger partial charge in [0.1, 0.15) is 6.54 Å². The molecule has 0 aliphatic heterocycles. The maximum absolute atomic E-state index is 9.85. The number of rotatable bonds is 11. The van der Waals surface area contributed by atoms with Crippen LogP contribution in [0.2, 0.25) is 0 Å². The number of halogens is 2. The van der Waals surface area contributed by atoms with Gasteiger partial charge in [-0.2, -0.15) is 0 Å². The van der Waals surface area contributed by atoms with Gasteiger partial charge < -0.3 is 15.1 Å². The van der Waals surface area contributed by atoms with E-state index >= 15 is 0 Å². The van der Waals surface area contributed by atoms with Crippen molar-refractivity contribution in [3.8, 4) is 0 Å². The second-order valence-electron chi connectivity index (χ2n) is 6.27. The summed E-state index contributed by atoms with van der Waals surface area (Å²) in [6.45, 7) is 6.48. The Balaban J connectivity index is 2.25. The Morgan fingerprint density at radius 3 is 2.29 bits per heavy atom. The average Bonchev–Trinajstić information content (AvgIpc) is 3.08. The molecule has 2 aromatic rings. The van der Waals surface area contributed by atoms with Crippen molar-refractivity contribution in [3.63, 3.8) is 0 Å². The van der Waals surface area contributed by atoms with E-state index in [4.69, 9.17) is 23.2 Å². The zero-order chi connectivity index (χ0) is 20.5. The quantitative estimate of drug-likeness (QED) is 0.326. The fourth-order valence-corrected chi connectivity index (χ4v) is 2.88. The predicted molar refractivity (Wildman–Crippen MR) is 110 cm³/mol. The summed E-state index contributed by atoms with van der Waals surface area (Å²) in [5, 5.41) is 32.5. The topological polar surface area (TPSA) is 90.1 Å². The van der Waals surface area contributed by atoms with Gasteiger partial charge in [-0.25, -0.2) is 4.57 Å². The number of nitrogens with zero attached hydrogens (tertiary/aromatic N) is 6. The van der Waals surface area contributed by atoms with Gasteiger partial charge in [-0.3, -0.25) is 0 Å². The highest BCUT2D eigenvalue weighted by Crippen LogP contribution is 2.21.